The SMILES string of the molecule is CN(c1cccnc1)c1nn2c(-c3ccsc3)cnc2s1. The number of hydrogen-bond donors (Lipinski definition) is 0. The van der Waals surface area contributed by atoms with Crippen molar-refractivity contribution in [3.63, 3.8) is 0 Å². The third-order valence-corrected chi connectivity index (χ3v) is 4.89. The molecule has 0 fully saturated rings. The Balaban J connectivity index is 1.78. The van der Waals surface area contributed by atoms with Gasteiger partial charge in [-0.25, -0.2) is 9.50 Å². The number of pyridine rings is 1. The lowest BCUT2D eigenvalue weighted by molar-refractivity contribution is 0.959. The highest BCUT2D eigenvalue weighted by atomic mass is 32.1. The summed E-state index contributed by atoms with van der Waals surface area (Å²) in [4.78, 5) is 11.5. The minimum absolute atomic E-state index is 0.891. The summed E-state index contributed by atoms with van der Waals surface area (Å²) < 4.78 is 1.90. The van der Waals surface area contributed by atoms with Crippen LogP contribution >= 0.6 is 22.7 Å². The Kier molecular flexibility index (Phi) is 2.94. The molecular weight excluding hydrogens is 302 g/mol. The third-order valence-electron chi connectivity index (χ3n) is 3.21. The largest absolute Gasteiger partial charge is 0.318 e. The predicted octanol–water partition coefficient (Wildman–Crippen LogP) is 3.68. The van der Waals surface area contributed by atoms with E-state index < -0.39 is 0 Å². The van der Waals surface area contributed by atoms with Crippen molar-refractivity contribution in [2.75, 3.05) is 11.9 Å². The molecule has 7 heteroatoms. The van der Waals surface area contributed by atoms with Gasteiger partial charge in [0.2, 0.25) is 10.1 Å². The van der Waals surface area contributed by atoms with Gasteiger partial charge in [-0.05, 0) is 23.6 Å². The van der Waals surface area contributed by atoms with Crippen LogP contribution in [0.3, 0.4) is 0 Å². The summed E-state index contributed by atoms with van der Waals surface area (Å²) in [6.07, 6.45) is 5.46. The van der Waals surface area contributed by atoms with E-state index in [0.717, 1.165) is 27.0 Å². The fraction of sp³-hybridized carbons (Fsp3) is 0.0714. The summed E-state index contributed by atoms with van der Waals surface area (Å²) >= 11 is 3.23. The van der Waals surface area contributed by atoms with E-state index in [2.05, 4.69) is 31.9 Å². The maximum atomic E-state index is 4.68. The molecule has 0 aliphatic rings. The van der Waals surface area contributed by atoms with Crippen LogP contribution in [0, 0.1) is 0 Å². The van der Waals surface area contributed by atoms with E-state index in [-0.39, 0.29) is 0 Å². The Morgan fingerprint density at radius 1 is 1.24 bits per heavy atom. The van der Waals surface area contributed by atoms with E-state index >= 15 is 0 Å². The van der Waals surface area contributed by atoms with E-state index in [9.17, 15) is 0 Å². The first-order chi connectivity index (χ1) is 10.3. The summed E-state index contributed by atoms with van der Waals surface area (Å²) in [5.74, 6) is 0. The molecule has 0 bridgehead atoms. The minimum atomic E-state index is 0.891. The molecule has 0 aliphatic carbocycles. The molecule has 0 radical (unpaired) electrons. The Bertz CT molecular complexity index is 863. The van der Waals surface area contributed by atoms with Gasteiger partial charge in [-0.3, -0.25) is 4.98 Å². The van der Waals surface area contributed by atoms with Crippen LogP contribution in [0.1, 0.15) is 0 Å². The lowest BCUT2D eigenvalue weighted by Crippen LogP contribution is -2.09. The molecule has 0 amide bonds. The Morgan fingerprint density at radius 3 is 2.95 bits per heavy atom. The van der Waals surface area contributed by atoms with Crippen molar-refractivity contribution in [1.29, 1.82) is 0 Å². The number of nitrogens with zero attached hydrogens (tertiary/aromatic N) is 5. The molecule has 4 rings (SSSR count). The number of thiophene rings is 1. The van der Waals surface area contributed by atoms with Gasteiger partial charge in [-0.15, -0.1) is 5.10 Å². The number of rotatable bonds is 3. The van der Waals surface area contributed by atoms with Gasteiger partial charge in [0, 0.05) is 24.2 Å². The van der Waals surface area contributed by atoms with E-state index in [4.69, 9.17) is 0 Å². The zero-order valence-electron chi connectivity index (χ0n) is 11.2. The van der Waals surface area contributed by atoms with Gasteiger partial charge < -0.3 is 4.90 Å². The van der Waals surface area contributed by atoms with Gasteiger partial charge in [0.25, 0.3) is 0 Å². The van der Waals surface area contributed by atoms with Crippen LogP contribution in [0.4, 0.5) is 10.8 Å². The molecule has 104 valence electrons. The van der Waals surface area contributed by atoms with Crippen LogP contribution in [0.15, 0.2) is 47.5 Å². The first-order valence-corrected chi connectivity index (χ1v) is 8.10. The second-order valence-electron chi connectivity index (χ2n) is 4.50. The number of aromatic nitrogens is 4. The Morgan fingerprint density at radius 2 is 2.19 bits per heavy atom. The molecule has 5 nitrogen and oxygen atoms in total. The highest BCUT2D eigenvalue weighted by Gasteiger charge is 2.15. The summed E-state index contributed by atoms with van der Waals surface area (Å²) in [6, 6.07) is 6.01. The fourth-order valence-electron chi connectivity index (χ4n) is 2.09. The zero-order valence-corrected chi connectivity index (χ0v) is 12.8. The molecule has 4 aromatic heterocycles. The predicted molar refractivity (Wildman–Crippen MR) is 86.5 cm³/mol. The van der Waals surface area contributed by atoms with Crippen molar-refractivity contribution in [2.45, 2.75) is 0 Å². The fourth-order valence-corrected chi connectivity index (χ4v) is 3.60. The van der Waals surface area contributed by atoms with E-state index in [0.29, 0.717) is 0 Å². The molecule has 0 aromatic carbocycles. The average molecular weight is 313 g/mol. The first-order valence-electron chi connectivity index (χ1n) is 6.34. The normalized spacial score (nSPS) is 11.1. The van der Waals surface area contributed by atoms with Gasteiger partial charge in [0.15, 0.2) is 0 Å². The Hall–Kier alpha value is -2.25. The summed E-state index contributed by atoms with van der Waals surface area (Å²) in [5, 5.41) is 9.74. The summed E-state index contributed by atoms with van der Waals surface area (Å²) in [7, 11) is 1.99. The standard InChI is InChI=1S/C14H11N5S2/c1-18(11-3-2-5-15-7-11)14-17-19-12(8-16-13(19)21-14)10-4-6-20-9-10/h2-9H,1H3. The second-order valence-corrected chi connectivity index (χ2v) is 6.22. The lowest BCUT2D eigenvalue weighted by atomic mass is 10.3. The maximum Gasteiger partial charge on any atom is 0.214 e. The van der Waals surface area contributed by atoms with Crippen LogP contribution in [-0.2, 0) is 0 Å². The van der Waals surface area contributed by atoms with Crippen molar-refractivity contribution in [3.8, 4) is 11.3 Å². The quantitative estimate of drug-likeness (QED) is 0.579. The van der Waals surface area contributed by atoms with Gasteiger partial charge in [-0.1, -0.05) is 11.3 Å². The second kappa shape index (κ2) is 4.94. The minimum Gasteiger partial charge on any atom is -0.318 e. The molecule has 4 aromatic rings. The van der Waals surface area contributed by atoms with Crippen LogP contribution in [0.2, 0.25) is 0 Å². The zero-order chi connectivity index (χ0) is 14.2. The Labute approximate surface area is 129 Å². The van der Waals surface area contributed by atoms with Gasteiger partial charge in [0.1, 0.15) is 0 Å². The van der Waals surface area contributed by atoms with E-state index in [1.165, 1.54) is 0 Å². The van der Waals surface area contributed by atoms with Crippen molar-refractivity contribution in [3.05, 3.63) is 47.5 Å². The molecule has 0 N–H and O–H groups in total. The number of fused-ring (bicyclic) bond motifs is 1. The molecular formula is C14H11N5S2. The van der Waals surface area contributed by atoms with Crippen molar-refractivity contribution in [2.24, 2.45) is 0 Å². The van der Waals surface area contributed by atoms with Crippen molar-refractivity contribution >= 4 is 38.5 Å². The number of imidazole rings is 1. The molecule has 0 unspecified atom stereocenters. The molecule has 0 saturated carbocycles. The molecule has 0 saturated heterocycles. The molecule has 0 atom stereocenters. The highest BCUT2D eigenvalue weighted by molar-refractivity contribution is 7.20. The molecule has 21 heavy (non-hydrogen) atoms. The van der Waals surface area contributed by atoms with E-state index in [1.54, 1.807) is 28.9 Å². The van der Waals surface area contributed by atoms with Gasteiger partial charge in [0.05, 0.1) is 23.8 Å². The van der Waals surface area contributed by atoms with Crippen LogP contribution in [0.5, 0.6) is 0 Å². The van der Waals surface area contributed by atoms with Crippen molar-refractivity contribution < 1.29 is 0 Å². The van der Waals surface area contributed by atoms with Gasteiger partial charge in [-0.2, -0.15) is 11.3 Å². The monoisotopic (exact) mass is 313 g/mol. The molecule has 0 aliphatic heterocycles. The summed E-state index contributed by atoms with van der Waals surface area (Å²) in [5.41, 5.74) is 3.17. The third kappa shape index (κ3) is 2.10. The van der Waals surface area contributed by atoms with Crippen LogP contribution in [0.25, 0.3) is 16.2 Å². The van der Waals surface area contributed by atoms with Crippen molar-refractivity contribution in [1.82, 2.24) is 19.6 Å². The van der Waals surface area contributed by atoms with Crippen LogP contribution < -0.4 is 4.90 Å². The first kappa shape index (κ1) is 12.5. The smallest absolute Gasteiger partial charge is 0.214 e. The average Bonchev–Trinajstić information content (AvgIpc) is 3.23. The number of hydrogen-bond acceptors (Lipinski definition) is 6. The highest BCUT2D eigenvalue weighted by Crippen LogP contribution is 2.31. The molecule has 0 spiro atoms. The summed E-state index contributed by atoms with van der Waals surface area (Å²) in [6.45, 7) is 0. The maximum absolute atomic E-state index is 4.68. The van der Waals surface area contributed by atoms with Crippen LogP contribution in [-0.4, -0.2) is 26.6 Å². The van der Waals surface area contributed by atoms with Gasteiger partial charge >= 0.3 is 0 Å². The number of anilines is 2. The topological polar surface area (TPSA) is 46.3 Å². The van der Waals surface area contributed by atoms with E-state index in [1.807, 2.05) is 41.0 Å². The lowest BCUT2D eigenvalue weighted by Gasteiger charge is -2.13. The molecule has 4 heterocycles.